The lowest BCUT2D eigenvalue weighted by atomic mass is 10.0. The number of hydrogen-bond donors (Lipinski definition) is 2. The summed E-state index contributed by atoms with van der Waals surface area (Å²) >= 11 is 0. The summed E-state index contributed by atoms with van der Waals surface area (Å²) in [5, 5.41) is 17.2. The van der Waals surface area contributed by atoms with Crippen molar-refractivity contribution >= 4 is 11.9 Å². The molecular weight excluding hydrogens is 232 g/mol. The summed E-state index contributed by atoms with van der Waals surface area (Å²) in [6.45, 7) is 0. The second kappa shape index (κ2) is 7.48. The zero-order valence-corrected chi connectivity index (χ0v) is 10.3. The largest absolute Gasteiger partial charge is 0.481 e. The number of carboxylic acids is 2. The Bertz CT molecular complexity index is 395. The minimum Gasteiger partial charge on any atom is -0.481 e. The molecule has 0 fully saturated rings. The Morgan fingerprint density at radius 2 is 1.50 bits per heavy atom. The normalized spacial score (nSPS) is 10.2. The summed E-state index contributed by atoms with van der Waals surface area (Å²) in [5.74, 6) is -1.64. The zero-order chi connectivity index (χ0) is 13.4. The number of aliphatic carboxylic acids is 1. The Morgan fingerprint density at radius 3 is 2.06 bits per heavy atom. The van der Waals surface area contributed by atoms with Gasteiger partial charge in [-0.15, -0.1) is 0 Å². The fourth-order valence-electron chi connectivity index (χ4n) is 1.77. The lowest BCUT2D eigenvalue weighted by Crippen LogP contribution is -1.96. The Morgan fingerprint density at radius 1 is 0.889 bits per heavy atom. The molecular formula is C14H18O4. The van der Waals surface area contributed by atoms with Gasteiger partial charge in [-0.3, -0.25) is 4.79 Å². The van der Waals surface area contributed by atoms with E-state index in [9.17, 15) is 9.59 Å². The smallest absolute Gasteiger partial charge is 0.335 e. The fraction of sp³-hybridized carbons (Fsp3) is 0.429. The number of unbranched alkanes of at least 4 members (excludes halogenated alkanes) is 3. The number of carbonyl (C=O) groups is 2. The molecule has 0 saturated heterocycles. The van der Waals surface area contributed by atoms with Gasteiger partial charge in [-0.2, -0.15) is 0 Å². The van der Waals surface area contributed by atoms with Gasteiger partial charge in [0.1, 0.15) is 0 Å². The van der Waals surface area contributed by atoms with Gasteiger partial charge < -0.3 is 10.2 Å². The standard InChI is InChI=1S/C14H18O4/c15-13(16)6-4-2-1-3-5-11-7-9-12(10-8-11)14(17)18/h7-10H,1-6H2,(H,15,16)(H,17,18). The van der Waals surface area contributed by atoms with Crippen LogP contribution in [-0.2, 0) is 11.2 Å². The predicted octanol–water partition coefficient (Wildman–Crippen LogP) is 2.96. The number of carboxylic acid groups (broad SMARTS) is 2. The predicted molar refractivity (Wildman–Crippen MR) is 67.8 cm³/mol. The van der Waals surface area contributed by atoms with Crippen LogP contribution in [0.4, 0.5) is 0 Å². The first-order valence-corrected chi connectivity index (χ1v) is 6.13. The molecule has 0 aliphatic heterocycles. The third-order valence-corrected chi connectivity index (χ3v) is 2.81. The molecule has 0 aromatic heterocycles. The summed E-state index contributed by atoms with van der Waals surface area (Å²) in [5.41, 5.74) is 1.43. The molecule has 0 atom stereocenters. The van der Waals surface area contributed by atoms with Crippen molar-refractivity contribution in [1.82, 2.24) is 0 Å². The van der Waals surface area contributed by atoms with Gasteiger partial charge in [-0.1, -0.05) is 25.0 Å². The van der Waals surface area contributed by atoms with Gasteiger partial charge in [0.05, 0.1) is 5.56 Å². The molecule has 0 radical (unpaired) electrons. The van der Waals surface area contributed by atoms with E-state index in [1.165, 1.54) is 0 Å². The second-order valence-electron chi connectivity index (χ2n) is 4.31. The van der Waals surface area contributed by atoms with E-state index in [2.05, 4.69) is 0 Å². The van der Waals surface area contributed by atoms with Crippen molar-refractivity contribution < 1.29 is 19.8 Å². The van der Waals surface area contributed by atoms with Crippen molar-refractivity contribution in [2.45, 2.75) is 38.5 Å². The van der Waals surface area contributed by atoms with Gasteiger partial charge in [0.25, 0.3) is 0 Å². The van der Waals surface area contributed by atoms with Crippen molar-refractivity contribution in [3.8, 4) is 0 Å². The van der Waals surface area contributed by atoms with Crippen LogP contribution in [0, 0.1) is 0 Å². The van der Waals surface area contributed by atoms with E-state index < -0.39 is 11.9 Å². The monoisotopic (exact) mass is 250 g/mol. The van der Waals surface area contributed by atoms with Crippen molar-refractivity contribution in [2.24, 2.45) is 0 Å². The number of aryl methyl sites for hydroxylation is 1. The quantitative estimate of drug-likeness (QED) is 0.695. The van der Waals surface area contributed by atoms with Crippen LogP contribution < -0.4 is 0 Å². The highest BCUT2D eigenvalue weighted by molar-refractivity contribution is 5.87. The third-order valence-electron chi connectivity index (χ3n) is 2.81. The fourth-order valence-corrected chi connectivity index (χ4v) is 1.77. The Hall–Kier alpha value is -1.84. The minimum absolute atomic E-state index is 0.243. The molecule has 0 heterocycles. The van der Waals surface area contributed by atoms with Gasteiger partial charge in [-0.25, -0.2) is 4.79 Å². The molecule has 0 aliphatic carbocycles. The van der Waals surface area contributed by atoms with Crippen molar-refractivity contribution in [2.75, 3.05) is 0 Å². The van der Waals surface area contributed by atoms with Gasteiger partial charge in [0, 0.05) is 6.42 Å². The molecule has 1 rings (SSSR count). The topological polar surface area (TPSA) is 74.6 Å². The van der Waals surface area contributed by atoms with Gasteiger partial charge >= 0.3 is 11.9 Å². The van der Waals surface area contributed by atoms with Crippen molar-refractivity contribution in [3.63, 3.8) is 0 Å². The summed E-state index contributed by atoms with van der Waals surface area (Å²) in [6.07, 6.45) is 4.83. The van der Waals surface area contributed by atoms with Crippen LogP contribution in [0.1, 0.15) is 48.0 Å². The minimum atomic E-state index is -0.907. The molecule has 2 N–H and O–H groups in total. The first-order valence-electron chi connectivity index (χ1n) is 6.13. The van der Waals surface area contributed by atoms with E-state index in [0.717, 1.165) is 37.7 Å². The lowest BCUT2D eigenvalue weighted by Gasteiger charge is -2.02. The molecule has 1 aromatic carbocycles. The highest BCUT2D eigenvalue weighted by Crippen LogP contribution is 2.10. The van der Waals surface area contributed by atoms with Crippen LogP contribution in [0.5, 0.6) is 0 Å². The first kappa shape index (κ1) is 14.2. The van der Waals surface area contributed by atoms with Crippen LogP contribution in [0.15, 0.2) is 24.3 Å². The van der Waals surface area contributed by atoms with Crippen molar-refractivity contribution in [3.05, 3.63) is 35.4 Å². The number of hydrogen-bond acceptors (Lipinski definition) is 2. The molecule has 0 unspecified atom stereocenters. The highest BCUT2D eigenvalue weighted by atomic mass is 16.4. The summed E-state index contributed by atoms with van der Waals surface area (Å²) in [4.78, 5) is 20.9. The SMILES string of the molecule is O=C(O)CCCCCCc1ccc(C(=O)O)cc1. The number of benzene rings is 1. The highest BCUT2D eigenvalue weighted by Gasteiger charge is 2.01. The number of rotatable bonds is 8. The average Bonchev–Trinajstić information content (AvgIpc) is 2.34. The van der Waals surface area contributed by atoms with E-state index in [4.69, 9.17) is 10.2 Å². The van der Waals surface area contributed by atoms with E-state index >= 15 is 0 Å². The molecule has 0 aliphatic rings. The first-order chi connectivity index (χ1) is 8.59. The van der Waals surface area contributed by atoms with E-state index in [1.807, 2.05) is 12.1 Å². The zero-order valence-electron chi connectivity index (χ0n) is 10.3. The Kier molecular flexibility index (Phi) is 5.91. The van der Waals surface area contributed by atoms with Gasteiger partial charge in [0.2, 0.25) is 0 Å². The third kappa shape index (κ3) is 5.48. The lowest BCUT2D eigenvalue weighted by molar-refractivity contribution is -0.137. The maximum atomic E-state index is 10.7. The van der Waals surface area contributed by atoms with Gasteiger partial charge in [-0.05, 0) is 37.0 Å². The van der Waals surface area contributed by atoms with Crippen LogP contribution in [0.2, 0.25) is 0 Å². The molecule has 0 amide bonds. The summed E-state index contributed by atoms with van der Waals surface area (Å²) in [7, 11) is 0. The molecule has 98 valence electrons. The van der Waals surface area contributed by atoms with Gasteiger partial charge in [0.15, 0.2) is 0 Å². The summed E-state index contributed by atoms with van der Waals surface area (Å²) < 4.78 is 0. The Balaban J connectivity index is 2.19. The molecule has 18 heavy (non-hydrogen) atoms. The maximum absolute atomic E-state index is 10.7. The van der Waals surface area contributed by atoms with E-state index in [-0.39, 0.29) is 6.42 Å². The average molecular weight is 250 g/mol. The molecule has 0 bridgehead atoms. The van der Waals surface area contributed by atoms with E-state index in [0.29, 0.717) is 5.56 Å². The second-order valence-corrected chi connectivity index (χ2v) is 4.31. The van der Waals surface area contributed by atoms with Crippen LogP contribution in [-0.4, -0.2) is 22.2 Å². The van der Waals surface area contributed by atoms with Crippen LogP contribution >= 0.6 is 0 Å². The maximum Gasteiger partial charge on any atom is 0.335 e. The number of aromatic carboxylic acids is 1. The molecule has 1 aromatic rings. The van der Waals surface area contributed by atoms with Crippen LogP contribution in [0.25, 0.3) is 0 Å². The molecule has 0 saturated carbocycles. The molecule has 4 nitrogen and oxygen atoms in total. The van der Waals surface area contributed by atoms with Crippen molar-refractivity contribution in [1.29, 1.82) is 0 Å². The van der Waals surface area contributed by atoms with Crippen LogP contribution in [0.3, 0.4) is 0 Å². The van der Waals surface area contributed by atoms with E-state index in [1.54, 1.807) is 12.1 Å². The summed E-state index contributed by atoms with van der Waals surface area (Å²) in [6, 6.07) is 6.89. The Labute approximate surface area is 106 Å². The molecule has 0 spiro atoms. The molecule has 4 heteroatoms.